The number of aliphatic hydroxyl groups excluding tert-OH is 1. The van der Waals surface area contributed by atoms with E-state index in [0.29, 0.717) is 19.5 Å². The van der Waals surface area contributed by atoms with Crippen molar-refractivity contribution in [2.24, 2.45) is 0 Å². The van der Waals surface area contributed by atoms with Crippen LogP contribution in [0, 0.1) is 0 Å². The van der Waals surface area contributed by atoms with E-state index in [1.807, 2.05) is 60.7 Å². The molecular weight excluding hydrogens is 376 g/mol. The lowest BCUT2D eigenvalue weighted by Crippen LogP contribution is -2.38. The number of amides is 1. The molecule has 0 bridgehead atoms. The van der Waals surface area contributed by atoms with Crippen molar-refractivity contribution in [3.63, 3.8) is 0 Å². The van der Waals surface area contributed by atoms with Gasteiger partial charge in [0.15, 0.2) is 11.5 Å². The van der Waals surface area contributed by atoms with E-state index in [1.54, 1.807) is 4.90 Å². The first-order valence-electron chi connectivity index (χ1n) is 10.6. The Morgan fingerprint density at radius 2 is 1.60 bits per heavy atom. The van der Waals surface area contributed by atoms with Gasteiger partial charge in [-0.1, -0.05) is 74.5 Å². The first-order chi connectivity index (χ1) is 14.6. The van der Waals surface area contributed by atoms with Gasteiger partial charge in [0.05, 0.1) is 11.6 Å². The molecule has 0 saturated carbocycles. The number of aliphatic hydroxyl groups is 1. The van der Waals surface area contributed by atoms with Crippen molar-refractivity contribution >= 4 is 11.7 Å². The molecule has 1 aliphatic rings. The molecule has 5 heteroatoms. The van der Waals surface area contributed by atoms with Gasteiger partial charge in [0.25, 0.3) is 5.91 Å². The number of likely N-dealkylation sites (N-methyl/N-ethyl adjacent to an activating group) is 1. The highest BCUT2D eigenvalue weighted by molar-refractivity contribution is 6.09. The fourth-order valence-electron chi connectivity index (χ4n) is 3.98. The molecule has 3 rings (SSSR count). The van der Waals surface area contributed by atoms with Crippen LogP contribution in [0.5, 0.6) is 0 Å². The number of ketones is 1. The summed E-state index contributed by atoms with van der Waals surface area (Å²) in [6.45, 7) is 7.09. The van der Waals surface area contributed by atoms with Crippen molar-refractivity contribution in [2.45, 2.75) is 32.7 Å². The fraction of sp³-hybridized carbons (Fsp3) is 0.360. The lowest BCUT2D eigenvalue weighted by atomic mass is 9.93. The van der Waals surface area contributed by atoms with Crippen LogP contribution in [0.1, 0.15) is 37.4 Å². The second-order valence-corrected chi connectivity index (χ2v) is 7.51. The maximum Gasteiger partial charge on any atom is 0.290 e. The SMILES string of the molecule is CCN(CC)CCN1C(=O)C(O)=C(C(=O)CCc2ccccc2)C1c1ccccc1. The molecule has 1 N–H and O–H groups in total. The van der Waals surface area contributed by atoms with Crippen molar-refractivity contribution < 1.29 is 14.7 Å². The standard InChI is InChI=1S/C25H30N2O3/c1-3-26(4-2)17-18-27-23(20-13-9-6-10-14-20)22(24(29)25(27)30)21(28)16-15-19-11-7-5-8-12-19/h5-14,23,29H,3-4,15-18H2,1-2H3. The van der Waals surface area contributed by atoms with Gasteiger partial charge < -0.3 is 14.9 Å². The number of carbonyl (C=O) groups is 2. The minimum atomic E-state index is -0.544. The number of rotatable bonds is 10. The summed E-state index contributed by atoms with van der Waals surface area (Å²) in [5, 5.41) is 10.7. The smallest absolute Gasteiger partial charge is 0.290 e. The predicted octanol–water partition coefficient (Wildman–Crippen LogP) is 3.93. The number of carbonyl (C=O) groups excluding carboxylic acids is 2. The summed E-state index contributed by atoms with van der Waals surface area (Å²) in [7, 11) is 0. The molecule has 158 valence electrons. The summed E-state index contributed by atoms with van der Waals surface area (Å²) in [4.78, 5) is 29.9. The lowest BCUT2D eigenvalue weighted by molar-refractivity contribution is -0.129. The second-order valence-electron chi connectivity index (χ2n) is 7.51. The van der Waals surface area contributed by atoms with Crippen LogP contribution < -0.4 is 0 Å². The van der Waals surface area contributed by atoms with Crippen LogP contribution in [-0.4, -0.2) is 52.8 Å². The molecule has 0 saturated heterocycles. The number of nitrogens with zero attached hydrogens (tertiary/aromatic N) is 2. The van der Waals surface area contributed by atoms with Crippen LogP contribution in [0.25, 0.3) is 0 Å². The molecule has 5 nitrogen and oxygen atoms in total. The van der Waals surface area contributed by atoms with Crippen LogP contribution in [-0.2, 0) is 16.0 Å². The molecule has 1 atom stereocenters. The largest absolute Gasteiger partial charge is 0.503 e. The normalized spacial score (nSPS) is 16.6. The molecule has 0 aromatic heterocycles. The number of Topliss-reactive ketones (excluding diaryl/α,β-unsaturated/α-hetero) is 1. The van der Waals surface area contributed by atoms with E-state index < -0.39 is 17.7 Å². The van der Waals surface area contributed by atoms with Gasteiger partial charge in [-0.25, -0.2) is 0 Å². The summed E-state index contributed by atoms with van der Waals surface area (Å²) >= 11 is 0. The number of hydrogen-bond donors (Lipinski definition) is 1. The van der Waals surface area contributed by atoms with E-state index in [9.17, 15) is 14.7 Å². The highest BCUT2D eigenvalue weighted by Crippen LogP contribution is 2.38. The van der Waals surface area contributed by atoms with Gasteiger partial charge >= 0.3 is 0 Å². The zero-order valence-electron chi connectivity index (χ0n) is 17.8. The number of hydrogen-bond acceptors (Lipinski definition) is 4. The number of aryl methyl sites for hydroxylation is 1. The lowest BCUT2D eigenvalue weighted by Gasteiger charge is -2.29. The molecule has 1 amide bonds. The van der Waals surface area contributed by atoms with E-state index in [0.717, 1.165) is 24.2 Å². The average molecular weight is 407 g/mol. The van der Waals surface area contributed by atoms with Crippen molar-refractivity contribution in [3.8, 4) is 0 Å². The molecule has 1 unspecified atom stereocenters. The third-order valence-electron chi connectivity index (χ3n) is 5.75. The minimum Gasteiger partial charge on any atom is -0.503 e. The van der Waals surface area contributed by atoms with Crippen LogP contribution in [0.2, 0.25) is 0 Å². The summed E-state index contributed by atoms with van der Waals surface area (Å²) in [5.41, 5.74) is 2.13. The molecule has 0 fully saturated rings. The van der Waals surface area contributed by atoms with Gasteiger partial charge in [-0.3, -0.25) is 9.59 Å². The zero-order chi connectivity index (χ0) is 21.5. The molecule has 0 spiro atoms. The number of benzene rings is 2. The Morgan fingerprint density at radius 1 is 1.00 bits per heavy atom. The quantitative estimate of drug-likeness (QED) is 0.650. The van der Waals surface area contributed by atoms with E-state index in [1.165, 1.54) is 0 Å². The predicted molar refractivity (Wildman–Crippen MR) is 118 cm³/mol. The monoisotopic (exact) mass is 406 g/mol. The molecule has 0 aliphatic carbocycles. The van der Waals surface area contributed by atoms with Gasteiger partial charge in [0, 0.05) is 19.5 Å². The first kappa shape index (κ1) is 21.8. The average Bonchev–Trinajstić information content (AvgIpc) is 3.04. The van der Waals surface area contributed by atoms with Gasteiger partial charge in [-0.15, -0.1) is 0 Å². The first-order valence-corrected chi connectivity index (χ1v) is 10.6. The van der Waals surface area contributed by atoms with Crippen molar-refractivity contribution in [1.82, 2.24) is 9.80 Å². The highest BCUT2D eigenvalue weighted by Gasteiger charge is 2.42. The molecule has 2 aromatic rings. The van der Waals surface area contributed by atoms with Crippen molar-refractivity contribution in [1.29, 1.82) is 0 Å². The molecule has 0 radical (unpaired) electrons. The van der Waals surface area contributed by atoms with Crippen LogP contribution in [0.3, 0.4) is 0 Å². The topological polar surface area (TPSA) is 60.9 Å². The minimum absolute atomic E-state index is 0.177. The maximum atomic E-state index is 13.1. The van der Waals surface area contributed by atoms with Crippen molar-refractivity contribution in [3.05, 3.63) is 83.1 Å². The van der Waals surface area contributed by atoms with Crippen LogP contribution in [0.4, 0.5) is 0 Å². The summed E-state index contributed by atoms with van der Waals surface area (Å²) in [6, 6.07) is 18.7. The van der Waals surface area contributed by atoms with Gasteiger partial charge in [0.2, 0.25) is 0 Å². The summed E-state index contributed by atoms with van der Waals surface area (Å²) < 4.78 is 0. The van der Waals surface area contributed by atoms with Crippen LogP contribution >= 0.6 is 0 Å². The third-order valence-corrected chi connectivity index (χ3v) is 5.75. The van der Waals surface area contributed by atoms with E-state index in [-0.39, 0.29) is 17.8 Å². The molecular formula is C25H30N2O3. The molecule has 30 heavy (non-hydrogen) atoms. The van der Waals surface area contributed by atoms with Gasteiger partial charge in [0.1, 0.15) is 0 Å². The van der Waals surface area contributed by atoms with Gasteiger partial charge in [-0.05, 0) is 30.6 Å². The van der Waals surface area contributed by atoms with E-state index in [2.05, 4.69) is 18.7 Å². The van der Waals surface area contributed by atoms with Crippen molar-refractivity contribution in [2.75, 3.05) is 26.2 Å². The Bertz CT molecular complexity index is 889. The Kier molecular flexibility index (Phi) is 7.41. The Hall–Kier alpha value is -2.92. The fourth-order valence-corrected chi connectivity index (χ4v) is 3.98. The Labute approximate surface area is 178 Å². The molecule has 2 aromatic carbocycles. The van der Waals surface area contributed by atoms with Gasteiger partial charge in [-0.2, -0.15) is 0 Å². The maximum absolute atomic E-state index is 13.1. The molecule has 1 heterocycles. The van der Waals surface area contributed by atoms with E-state index in [4.69, 9.17) is 0 Å². The zero-order valence-corrected chi connectivity index (χ0v) is 17.8. The molecule has 1 aliphatic heterocycles. The van der Waals surface area contributed by atoms with Crippen LogP contribution in [0.15, 0.2) is 72.0 Å². The Balaban J connectivity index is 1.85. The summed E-state index contributed by atoms with van der Waals surface area (Å²) in [6.07, 6.45) is 0.829. The summed E-state index contributed by atoms with van der Waals surface area (Å²) in [5.74, 6) is -1.04. The third kappa shape index (κ3) is 4.79. The van der Waals surface area contributed by atoms with E-state index >= 15 is 0 Å². The second kappa shape index (κ2) is 10.2. The highest BCUT2D eigenvalue weighted by atomic mass is 16.3. The Morgan fingerprint density at radius 3 is 2.20 bits per heavy atom.